The number of nitrogens with one attached hydrogen (secondary N) is 1. The van der Waals surface area contributed by atoms with Gasteiger partial charge in [-0.3, -0.25) is 14.2 Å². The van der Waals surface area contributed by atoms with E-state index in [1.165, 1.54) is 4.57 Å². The van der Waals surface area contributed by atoms with Gasteiger partial charge in [0.1, 0.15) is 11.3 Å². The number of amides is 1. The van der Waals surface area contributed by atoms with Gasteiger partial charge in [-0.1, -0.05) is 37.7 Å². The van der Waals surface area contributed by atoms with Crippen LogP contribution in [0.1, 0.15) is 27.7 Å². The van der Waals surface area contributed by atoms with Crippen LogP contribution >= 0.6 is 11.8 Å². The summed E-state index contributed by atoms with van der Waals surface area (Å²) in [6.07, 6.45) is 0. The number of benzene rings is 2. The monoisotopic (exact) mass is 450 g/mol. The third kappa shape index (κ3) is 4.94. The number of aromatic nitrogens is 2. The van der Waals surface area contributed by atoms with Crippen molar-refractivity contribution in [2.24, 2.45) is 5.92 Å². The van der Waals surface area contributed by atoms with Crippen molar-refractivity contribution in [2.75, 3.05) is 12.4 Å². The summed E-state index contributed by atoms with van der Waals surface area (Å²) in [5.41, 5.74) is 0.00507. The number of ether oxygens (including phenoxy) is 1. The number of thioether (sulfide) groups is 1. The fourth-order valence-electron chi connectivity index (χ4n) is 3.05. The molecule has 0 saturated heterocycles. The summed E-state index contributed by atoms with van der Waals surface area (Å²) in [5.74, 6) is 0.373. The van der Waals surface area contributed by atoms with Crippen molar-refractivity contribution in [3.05, 3.63) is 58.9 Å². The van der Waals surface area contributed by atoms with Crippen LogP contribution in [0.25, 0.3) is 16.6 Å². The summed E-state index contributed by atoms with van der Waals surface area (Å²) in [6.45, 7) is 7.91. The lowest BCUT2D eigenvalue weighted by molar-refractivity contribution is -0.120. The highest BCUT2D eigenvalue weighted by Crippen LogP contribution is 2.23. The molecule has 2 aromatic carbocycles. The van der Waals surface area contributed by atoms with Gasteiger partial charge in [0.05, 0.1) is 35.0 Å². The number of nitriles is 1. The van der Waals surface area contributed by atoms with Gasteiger partial charge in [0.2, 0.25) is 5.91 Å². The Labute approximate surface area is 191 Å². The first-order chi connectivity index (χ1) is 15.3. The number of fused-ring (bicyclic) bond motifs is 1. The number of hydrogen-bond donors (Lipinski definition) is 1. The molecule has 0 bridgehead atoms. The van der Waals surface area contributed by atoms with Crippen LogP contribution in [0.4, 0.5) is 0 Å². The third-order valence-corrected chi connectivity index (χ3v) is 6.21. The number of hydrogen-bond acceptors (Lipinski definition) is 6. The largest absolute Gasteiger partial charge is 0.494 e. The predicted molar refractivity (Wildman–Crippen MR) is 126 cm³/mol. The van der Waals surface area contributed by atoms with Crippen LogP contribution in [0.5, 0.6) is 5.75 Å². The van der Waals surface area contributed by atoms with Gasteiger partial charge in [-0.15, -0.1) is 0 Å². The van der Waals surface area contributed by atoms with Gasteiger partial charge in [-0.2, -0.15) is 5.26 Å². The summed E-state index contributed by atoms with van der Waals surface area (Å²) in [5, 5.41) is 13.1. The smallest absolute Gasteiger partial charge is 0.266 e. The van der Waals surface area contributed by atoms with Crippen molar-refractivity contribution in [1.82, 2.24) is 14.9 Å². The first-order valence-corrected chi connectivity index (χ1v) is 11.4. The Kier molecular flexibility index (Phi) is 7.21. The minimum atomic E-state index is -0.969. The van der Waals surface area contributed by atoms with Crippen LogP contribution in [-0.2, 0) is 4.79 Å². The normalized spacial score (nSPS) is 12.9. The molecular weight excluding hydrogens is 424 g/mol. The van der Waals surface area contributed by atoms with Crippen molar-refractivity contribution in [1.29, 1.82) is 5.26 Å². The molecule has 1 amide bonds. The summed E-state index contributed by atoms with van der Waals surface area (Å²) in [7, 11) is 0. The maximum absolute atomic E-state index is 13.3. The first kappa shape index (κ1) is 23.4. The molecule has 1 N–H and O–H groups in total. The number of rotatable bonds is 8. The Hall–Kier alpha value is -3.31. The fraction of sp³-hybridized carbons (Fsp3) is 0.333. The maximum Gasteiger partial charge on any atom is 0.266 e. The summed E-state index contributed by atoms with van der Waals surface area (Å²) >= 11 is 1.16. The van der Waals surface area contributed by atoms with E-state index in [2.05, 4.69) is 16.4 Å². The van der Waals surface area contributed by atoms with Gasteiger partial charge in [0.15, 0.2) is 5.16 Å². The number of carbonyl (C=O) groups is 1. The van der Waals surface area contributed by atoms with Crippen LogP contribution < -0.4 is 15.6 Å². The van der Waals surface area contributed by atoms with Gasteiger partial charge >= 0.3 is 0 Å². The van der Waals surface area contributed by atoms with E-state index in [0.29, 0.717) is 34.1 Å². The van der Waals surface area contributed by atoms with E-state index >= 15 is 0 Å². The van der Waals surface area contributed by atoms with Crippen molar-refractivity contribution in [3.8, 4) is 17.5 Å². The highest BCUT2D eigenvalue weighted by molar-refractivity contribution is 7.99. The molecule has 1 aromatic heterocycles. The predicted octanol–water partition coefficient (Wildman–Crippen LogP) is 3.93. The molecule has 7 nitrogen and oxygen atoms in total. The summed E-state index contributed by atoms with van der Waals surface area (Å²) in [4.78, 5) is 30.5. The third-order valence-electron chi connectivity index (χ3n) is 5.27. The van der Waals surface area contributed by atoms with E-state index < -0.39 is 5.54 Å². The Balaban J connectivity index is 1.97. The number of carbonyl (C=O) groups excluding carboxylic acids is 1. The molecule has 0 aliphatic heterocycles. The Morgan fingerprint density at radius 1 is 1.25 bits per heavy atom. The Morgan fingerprint density at radius 3 is 2.56 bits per heavy atom. The van der Waals surface area contributed by atoms with E-state index in [9.17, 15) is 14.9 Å². The molecule has 0 aliphatic carbocycles. The molecule has 0 fully saturated rings. The average Bonchev–Trinajstić information content (AvgIpc) is 2.78. The molecule has 1 atom stereocenters. The second-order valence-electron chi connectivity index (χ2n) is 7.78. The maximum atomic E-state index is 13.3. The quantitative estimate of drug-likeness (QED) is 0.413. The number of nitrogens with zero attached hydrogens (tertiary/aromatic N) is 3. The van der Waals surface area contributed by atoms with Gasteiger partial charge in [-0.25, -0.2) is 4.98 Å². The minimum absolute atomic E-state index is 0.0196. The standard InChI is InChI=1S/C24H26N4O3S/c1-5-31-18-12-10-17(11-13-18)28-22(30)19-8-6-7-9-20(19)26-23(28)32-14-21(29)27-24(4,15-25)16(2)3/h6-13,16H,5,14H2,1-4H3,(H,27,29)/t24-/m0/s1. The van der Waals surface area contributed by atoms with Crippen molar-refractivity contribution < 1.29 is 9.53 Å². The second-order valence-corrected chi connectivity index (χ2v) is 8.73. The van der Waals surface area contributed by atoms with Crippen molar-refractivity contribution in [3.63, 3.8) is 0 Å². The lowest BCUT2D eigenvalue weighted by Gasteiger charge is -2.27. The molecule has 0 radical (unpaired) electrons. The zero-order valence-corrected chi connectivity index (χ0v) is 19.4. The van der Waals surface area contributed by atoms with E-state index in [1.807, 2.05) is 26.8 Å². The average molecular weight is 451 g/mol. The zero-order chi connectivity index (χ0) is 23.3. The molecular formula is C24H26N4O3S. The van der Waals surface area contributed by atoms with Crippen LogP contribution in [0, 0.1) is 17.2 Å². The molecule has 0 unspecified atom stereocenters. The van der Waals surface area contributed by atoms with Crippen LogP contribution in [-0.4, -0.2) is 33.4 Å². The van der Waals surface area contributed by atoms with Crippen LogP contribution in [0.15, 0.2) is 58.5 Å². The van der Waals surface area contributed by atoms with E-state index in [0.717, 1.165) is 11.8 Å². The van der Waals surface area contributed by atoms with E-state index in [4.69, 9.17) is 4.74 Å². The lowest BCUT2D eigenvalue weighted by Crippen LogP contribution is -2.49. The first-order valence-electron chi connectivity index (χ1n) is 10.4. The second kappa shape index (κ2) is 9.88. The number of para-hydroxylation sites is 1. The summed E-state index contributed by atoms with van der Waals surface area (Å²) in [6, 6.07) is 16.5. The van der Waals surface area contributed by atoms with E-state index in [1.54, 1.807) is 49.4 Å². The minimum Gasteiger partial charge on any atom is -0.494 e. The molecule has 166 valence electrons. The molecule has 32 heavy (non-hydrogen) atoms. The van der Waals surface area contributed by atoms with Gasteiger partial charge in [0.25, 0.3) is 5.56 Å². The molecule has 3 rings (SSSR count). The van der Waals surface area contributed by atoms with Crippen molar-refractivity contribution in [2.45, 2.75) is 38.4 Å². The fourth-order valence-corrected chi connectivity index (χ4v) is 3.86. The van der Waals surface area contributed by atoms with Crippen LogP contribution in [0.3, 0.4) is 0 Å². The Bertz CT molecular complexity index is 1210. The SMILES string of the molecule is CCOc1ccc(-n2c(SCC(=O)N[C@@](C)(C#N)C(C)C)nc3ccccc3c2=O)cc1. The molecule has 0 spiro atoms. The Morgan fingerprint density at radius 2 is 1.94 bits per heavy atom. The van der Waals surface area contributed by atoms with Gasteiger partial charge in [-0.05, 0) is 56.2 Å². The highest BCUT2D eigenvalue weighted by Gasteiger charge is 2.30. The zero-order valence-electron chi connectivity index (χ0n) is 18.6. The molecule has 1 heterocycles. The topological polar surface area (TPSA) is 97.0 Å². The van der Waals surface area contributed by atoms with E-state index in [-0.39, 0.29) is 23.1 Å². The summed E-state index contributed by atoms with van der Waals surface area (Å²) < 4.78 is 7.00. The van der Waals surface area contributed by atoms with Crippen LogP contribution in [0.2, 0.25) is 0 Å². The van der Waals surface area contributed by atoms with Gasteiger partial charge < -0.3 is 10.1 Å². The molecule has 0 saturated carbocycles. The molecule has 3 aromatic rings. The van der Waals surface area contributed by atoms with Gasteiger partial charge in [0, 0.05) is 0 Å². The van der Waals surface area contributed by atoms with Crippen molar-refractivity contribution >= 4 is 28.6 Å². The highest BCUT2D eigenvalue weighted by atomic mass is 32.2. The molecule has 0 aliphatic rings. The lowest BCUT2D eigenvalue weighted by atomic mass is 9.90. The molecule has 8 heteroatoms.